The lowest BCUT2D eigenvalue weighted by molar-refractivity contribution is 0.262. The molecule has 0 aliphatic heterocycles. The van der Waals surface area contributed by atoms with Gasteiger partial charge in [0.2, 0.25) is 0 Å². The lowest BCUT2D eigenvalue weighted by Gasteiger charge is -2.14. The van der Waals surface area contributed by atoms with Crippen molar-refractivity contribution in [3.63, 3.8) is 0 Å². The number of nitrogens with zero attached hydrogens (tertiary/aromatic N) is 1. The highest BCUT2D eigenvalue weighted by molar-refractivity contribution is 9.11. The molecule has 0 radical (unpaired) electrons. The molecule has 0 aliphatic carbocycles. The minimum atomic E-state index is -0.301. The Morgan fingerprint density at radius 3 is 2.90 bits per heavy atom. The molecule has 1 aromatic carbocycles. The fourth-order valence-corrected chi connectivity index (χ4v) is 2.98. The lowest BCUT2D eigenvalue weighted by atomic mass is 10.1. The number of rotatable bonds is 5. The third-order valence-electron chi connectivity index (χ3n) is 2.85. The van der Waals surface area contributed by atoms with Gasteiger partial charge in [0.05, 0.1) is 9.98 Å². The monoisotopic (exact) mass is 368 g/mol. The molecule has 2 amide bonds. The summed E-state index contributed by atoms with van der Waals surface area (Å²) in [4.78, 5) is 16.0. The summed E-state index contributed by atoms with van der Waals surface area (Å²) in [5, 5.41) is 9.40. The lowest BCUT2D eigenvalue weighted by Crippen LogP contribution is -2.20. The second-order valence-electron chi connectivity index (χ2n) is 4.45. The normalized spacial score (nSPS) is 12.0. The van der Waals surface area contributed by atoms with Gasteiger partial charge >= 0.3 is 6.03 Å². The van der Waals surface area contributed by atoms with Gasteiger partial charge in [-0.25, -0.2) is 9.78 Å². The summed E-state index contributed by atoms with van der Waals surface area (Å²) in [6.45, 7) is 5.06. The van der Waals surface area contributed by atoms with Gasteiger partial charge in [0.25, 0.3) is 0 Å². The topological polar surface area (TPSA) is 66.0 Å². The minimum absolute atomic E-state index is 0.245. The standard InChI is InChI=1S/C14H17BrN4OS/c1-3-16-9(2)10-5-4-6-11(7-10)18-13(20)19-14-17-8-12(15)21-14/h4-9,16H,3H2,1-2H3,(H2,17,18,19,20). The molecule has 5 nitrogen and oxygen atoms in total. The van der Waals surface area contributed by atoms with Crippen molar-refractivity contribution in [1.29, 1.82) is 0 Å². The molecule has 1 unspecified atom stereocenters. The van der Waals surface area contributed by atoms with Gasteiger partial charge in [-0.05, 0) is 47.1 Å². The molecular formula is C14H17BrN4OS. The molecule has 2 aromatic rings. The smallest absolute Gasteiger partial charge is 0.310 e. The molecule has 2 rings (SSSR count). The maximum atomic E-state index is 11.9. The maximum Gasteiger partial charge on any atom is 0.325 e. The van der Waals surface area contributed by atoms with Gasteiger partial charge in [-0.1, -0.05) is 30.4 Å². The van der Waals surface area contributed by atoms with Crippen LogP contribution < -0.4 is 16.0 Å². The van der Waals surface area contributed by atoms with Crippen molar-refractivity contribution in [2.75, 3.05) is 17.2 Å². The molecule has 112 valence electrons. The van der Waals surface area contributed by atoms with Gasteiger partial charge in [-0.2, -0.15) is 0 Å². The van der Waals surface area contributed by atoms with Crippen molar-refractivity contribution in [2.24, 2.45) is 0 Å². The maximum absolute atomic E-state index is 11.9. The predicted octanol–water partition coefficient (Wildman–Crippen LogP) is 4.22. The zero-order valence-electron chi connectivity index (χ0n) is 11.8. The van der Waals surface area contributed by atoms with Crippen LogP contribution in [-0.2, 0) is 0 Å². The first-order chi connectivity index (χ1) is 10.1. The van der Waals surface area contributed by atoms with Gasteiger partial charge in [0.1, 0.15) is 0 Å². The quantitative estimate of drug-likeness (QED) is 0.739. The highest BCUT2D eigenvalue weighted by Crippen LogP contribution is 2.23. The molecule has 3 N–H and O–H groups in total. The first kappa shape index (κ1) is 15.9. The third-order valence-corrected chi connectivity index (χ3v) is 4.24. The first-order valence-corrected chi connectivity index (χ1v) is 8.22. The number of benzene rings is 1. The van der Waals surface area contributed by atoms with E-state index in [2.05, 4.69) is 50.7 Å². The van der Waals surface area contributed by atoms with Gasteiger partial charge in [0, 0.05) is 11.7 Å². The second kappa shape index (κ2) is 7.53. The SMILES string of the molecule is CCNC(C)c1cccc(NC(=O)Nc2ncc(Br)s2)c1. The Morgan fingerprint density at radius 1 is 1.43 bits per heavy atom. The van der Waals surface area contributed by atoms with Crippen LogP contribution in [-0.4, -0.2) is 17.6 Å². The van der Waals surface area contributed by atoms with Gasteiger partial charge < -0.3 is 10.6 Å². The molecule has 21 heavy (non-hydrogen) atoms. The van der Waals surface area contributed by atoms with Crippen LogP contribution in [0.1, 0.15) is 25.5 Å². The van der Waals surface area contributed by atoms with Crippen molar-refractivity contribution < 1.29 is 4.79 Å². The zero-order chi connectivity index (χ0) is 15.2. The number of amides is 2. The van der Waals surface area contributed by atoms with Gasteiger partial charge in [-0.3, -0.25) is 5.32 Å². The number of urea groups is 1. The summed E-state index contributed by atoms with van der Waals surface area (Å²) in [5.41, 5.74) is 1.89. The Hall–Kier alpha value is -1.44. The molecule has 0 spiro atoms. The average molecular weight is 369 g/mol. The molecule has 0 saturated heterocycles. The molecule has 0 bridgehead atoms. The Morgan fingerprint density at radius 2 is 2.24 bits per heavy atom. The van der Waals surface area contributed by atoms with Crippen molar-refractivity contribution in [3.05, 3.63) is 39.8 Å². The minimum Gasteiger partial charge on any atom is -0.310 e. The summed E-state index contributed by atoms with van der Waals surface area (Å²) in [5.74, 6) is 0. The van der Waals surface area contributed by atoms with E-state index in [0.29, 0.717) is 5.13 Å². The molecule has 0 fully saturated rings. The van der Waals surface area contributed by atoms with E-state index in [9.17, 15) is 4.79 Å². The van der Waals surface area contributed by atoms with E-state index in [4.69, 9.17) is 0 Å². The number of aromatic nitrogens is 1. The fourth-order valence-electron chi connectivity index (χ4n) is 1.88. The van der Waals surface area contributed by atoms with Crippen LogP contribution in [0.15, 0.2) is 34.2 Å². The number of hydrogen-bond acceptors (Lipinski definition) is 4. The van der Waals surface area contributed by atoms with Crippen molar-refractivity contribution in [2.45, 2.75) is 19.9 Å². The van der Waals surface area contributed by atoms with E-state index in [1.807, 2.05) is 24.3 Å². The molecule has 1 heterocycles. The number of carbonyl (C=O) groups excluding carboxylic acids is 1. The third kappa shape index (κ3) is 4.80. The highest BCUT2D eigenvalue weighted by Gasteiger charge is 2.08. The summed E-state index contributed by atoms with van der Waals surface area (Å²) in [7, 11) is 0. The van der Waals surface area contributed by atoms with Gasteiger partial charge in [-0.15, -0.1) is 0 Å². The molecule has 1 aromatic heterocycles. The summed E-state index contributed by atoms with van der Waals surface area (Å²) in [6, 6.07) is 7.73. The predicted molar refractivity (Wildman–Crippen MR) is 91.0 cm³/mol. The van der Waals surface area contributed by atoms with Crippen LogP contribution >= 0.6 is 27.3 Å². The summed E-state index contributed by atoms with van der Waals surface area (Å²) < 4.78 is 0.874. The average Bonchev–Trinajstić information content (AvgIpc) is 2.84. The largest absolute Gasteiger partial charge is 0.325 e. The molecule has 0 aliphatic rings. The molecule has 7 heteroatoms. The van der Waals surface area contributed by atoms with E-state index >= 15 is 0 Å². The number of halogens is 1. The Labute approximate surface area is 136 Å². The summed E-state index contributed by atoms with van der Waals surface area (Å²) >= 11 is 4.67. The second-order valence-corrected chi connectivity index (χ2v) is 6.86. The Bertz CT molecular complexity index is 617. The van der Waals surface area contributed by atoms with E-state index in [1.54, 1.807) is 6.20 Å². The summed E-state index contributed by atoms with van der Waals surface area (Å²) in [6.07, 6.45) is 1.65. The highest BCUT2D eigenvalue weighted by atomic mass is 79.9. The molecule has 0 saturated carbocycles. The number of hydrogen-bond donors (Lipinski definition) is 3. The van der Waals surface area contributed by atoms with Crippen LogP contribution in [0.5, 0.6) is 0 Å². The van der Waals surface area contributed by atoms with E-state index in [0.717, 1.165) is 21.6 Å². The van der Waals surface area contributed by atoms with Crippen molar-refractivity contribution in [3.8, 4) is 0 Å². The number of anilines is 2. The Balaban J connectivity index is 1.99. The Kier molecular flexibility index (Phi) is 5.72. The molecular weight excluding hydrogens is 352 g/mol. The van der Waals surface area contributed by atoms with Crippen molar-refractivity contribution >= 4 is 44.1 Å². The zero-order valence-corrected chi connectivity index (χ0v) is 14.2. The van der Waals surface area contributed by atoms with Crippen LogP contribution in [0, 0.1) is 0 Å². The van der Waals surface area contributed by atoms with Crippen LogP contribution in [0.3, 0.4) is 0 Å². The van der Waals surface area contributed by atoms with E-state index in [-0.39, 0.29) is 12.1 Å². The first-order valence-electron chi connectivity index (χ1n) is 6.61. The van der Waals surface area contributed by atoms with Crippen molar-refractivity contribution in [1.82, 2.24) is 10.3 Å². The molecule has 1 atom stereocenters. The number of thiazole rings is 1. The number of carbonyl (C=O) groups is 1. The van der Waals surface area contributed by atoms with E-state index < -0.39 is 0 Å². The fraction of sp³-hybridized carbons (Fsp3) is 0.286. The van der Waals surface area contributed by atoms with Crippen LogP contribution in [0.4, 0.5) is 15.6 Å². The van der Waals surface area contributed by atoms with Gasteiger partial charge in [0.15, 0.2) is 5.13 Å². The van der Waals surface area contributed by atoms with Crippen LogP contribution in [0.2, 0.25) is 0 Å². The van der Waals surface area contributed by atoms with Crippen LogP contribution in [0.25, 0.3) is 0 Å². The van der Waals surface area contributed by atoms with E-state index in [1.165, 1.54) is 11.3 Å². The number of nitrogens with one attached hydrogen (secondary N) is 3.